The lowest BCUT2D eigenvalue weighted by molar-refractivity contribution is 0.191. The molecule has 90 valence electrons. The largest absolute Gasteiger partial charge is 0.396 e. The molecule has 0 bridgehead atoms. The van der Waals surface area contributed by atoms with Gasteiger partial charge in [-0.1, -0.05) is 19.1 Å². The van der Waals surface area contributed by atoms with E-state index in [0.717, 1.165) is 25.1 Å². The standard InChI is InChI=1S/C13H20FNO/c1-3-15(9-4-10-16)11(2)12-5-7-13(14)8-6-12/h5-8,11,16H,3-4,9-10H2,1-2H3. The van der Waals surface area contributed by atoms with E-state index in [1.165, 1.54) is 12.1 Å². The number of rotatable bonds is 6. The number of benzene rings is 1. The Morgan fingerprint density at radius 1 is 1.31 bits per heavy atom. The first-order valence-electron chi connectivity index (χ1n) is 5.79. The maximum absolute atomic E-state index is 12.8. The zero-order chi connectivity index (χ0) is 12.0. The fourth-order valence-corrected chi connectivity index (χ4v) is 1.85. The topological polar surface area (TPSA) is 23.5 Å². The molecule has 0 spiro atoms. The molecule has 0 aromatic heterocycles. The summed E-state index contributed by atoms with van der Waals surface area (Å²) < 4.78 is 12.8. The summed E-state index contributed by atoms with van der Waals surface area (Å²) in [7, 11) is 0. The maximum Gasteiger partial charge on any atom is 0.123 e. The summed E-state index contributed by atoms with van der Waals surface area (Å²) in [5, 5.41) is 8.82. The van der Waals surface area contributed by atoms with Crippen molar-refractivity contribution in [3.8, 4) is 0 Å². The van der Waals surface area contributed by atoms with Gasteiger partial charge in [-0.05, 0) is 37.6 Å². The smallest absolute Gasteiger partial charge is 0.123 e. The van der Waals surface area contributed by atoms with Gasteiger partial charge in [-0.3, -0.25) is 4.90 Å². The molecule has 1 rings (SSSR count). The summed E-state index contributed by atoms with van der Waals surface area (Å²) in [6.45, 7) is 6.21. The predicted molar refractivity (Wildman–Crippen MR) is 63.8 cm³/mol. The minimum Gasteiger partial charge on any atom is -0.396 e. The molecule has 2 nitrogen and oxygen atoms in total. The zero-order valence-electron chi connectivity index (χ0n) is 9.99. The van der Waals surface area contributed by atoms with Crippen LogP contribution in [0.4, 0.5) is 4.39 Å². The highest BCUT2D eigenvalue weighted by atomic mass is 19.1. The van der Waals surface area contributed by atoms with Crippen LogP contribution < -0.4 is 0 Å². The van der Waals surface area contributed by atoms with E-state index in [1.807, 2.05) is 12.1 Å². The second-order valence-electron chi connectivity index (χ2n) is 3.93. The van der Waals surface area contributed by atoms with Gasteiger partial charge >= 0.3 is 0 Å². The number of aliphatic hydroxyl groups is 1. The second kappa shape index (κ2) is 6.61. The Balaban J connectivity index is 2.66. The van der Waals surface area contributed by atoms with E-state index < -0.39 is 0 Å². The molecule has 16 heavy (non-hydrogen) atoms. The summed E-state index contributed by atoms with van der Waals surface area (Å²) >= 11 is 0. The van der Waals surface area contributed by atoms with Gasteiger partial charge in [0.05, 0.1) is 0 Å². The molecule has 0 aliphatic rings. The predicted octanol–water partition coefficient (Wildman–Crippen LogP) is 2.59. The molecule has 0 aliphatic carbocycles. The Bertz CT molecular complexity index is 299. The van der Waals surface area contributed by atoms with Crippen molar-refractivity contribution in [1.82, 2.24) is 4.90 Å². The van der Waals surface area contributed by atoms with Gasteiger partial charge in [0.1, 0.15) is 5.82 Å². The zero-order valence-corrected chi connectivity index (χ0v) is 9.99. The molecular formula is C13H20FNO. The van der Waals surface area contributed by atoms with E-state index in [1.54, 1.807) is 0 Å². The fraction of sp³-hybridized carbons (Fsp3) is 0.538. The van der Waals surface area contributed by atoms with Crippen LogP contribution in [0.25, 0.3) is 0 Å². The van der Waals surface area contributed by atoms with Gasteiger partial charge in [-0.15, -0.1) is 0 Å². The van der Waals surface area contributed by atoms with Crippen molar-refractivity contribution in [1.29, 1.82) is 0 Å². The van der Waals surface area contributed by atoms with Crippen LogP contribution in [0.5, 0.6) is 0 Å². The number of hydrogen-bond acceptors (Lipinski definition) is 2. The van der Waals surface area contributed by atoms with Crippen molar-refractivity contribution in [3.05, 3.63) is 35.6 Å². The molecule has 0 fully saturated rings. The van der Waals surface area contributed by atoms with Gasteiger partial charge < -0.3 is 5.11 Å². The van der Waals surface area contributed by atoms with Crippen LogP contribution in [0.2, 0.25) is 0 Å². The SMILES string of the molecule is CCN(CCCO)C(C)c1ccc(F)cc1. The van der Waals surface area contributed by atoms with Crippen LogP contribution in [0.15, 0.2) is 24.3 Å². The molecular weight excluding hydrogens is 205 g/mol. The van der Waals surface area contributed by atoms with Crippen LogP contribution in [0.1, 0.15) is 31.9 Å². The first kappa shape index (κ1) is 13.1. The number of halogens is 1. The highest BCUT2D eigenvalue weighted by Gasteiger charge is 2.13. The van der Waals surface area contributed by atoms with Crippen LogP contribution >= 0.6 is 0 Å². The summed E-state index contributed by atoms with van der Waals surface area (Å²) in [5.74, 6) is -0.200. The number of aliphatic hydroxyl groups excluding tert-OH is 1. The molecule has 0 aliphatic heterocycles. The van der Waals surface area contributed by atoms with E-state index in [4.69, 9.17) is 5.11 Å². The van der Waals surface area contributed by atoms with Gasteiger partial charge in [-0.2, -0.15) is 0 Å². The lowest BCUT2D eigenvalue weighted by Crippen LogP contribution is -2.28. The van der Waals surface area contributed by atoms with E-state index >= 15 is 0 Å². The third-order valence-corrected chi connectivity index (χ3v) is 2.91. The average molecular weight is 225 g/mol. The number of nitrogens with zero attached hydrogens (tertiary/aromatic N) is 1. The van der Waals surface area contributed by atoms with Gasteiger partial charge in [0.15, 0.2) is 0 Å². The Hall–Kier alpha value is -0.930. The van der Waals surface area contributed by atoms with Crippen molar-refractivity contribution in [2.75, 3.05) is 19.7 Å². The summed E-state index contributed by atoms with van der Waals surface area (Å²) in [6, 6.07) is 6.89. The minimum atomic E-state index is -0.200. The lowest BCUT2D eigenvalue weighted by atomic mass is 10.1. The monoisotopic (exact) mass is 225 g/mol. The van der Waals surface area contributed by atoms with Crippen molar-refractivity contribution in [2.45, 2.75) is 26.3 Å². The molecule has 0 amide bonds. The Morgan fingerprint density at radius 2 is 1.94 bits per heavy atom. The summed E-state index contributed by atoms with van der Waals surface area (Å²) in [4.78, 5) is 2.27. The first-order valence-corrected chi connectivity index (χ1v) is 5.79. The minimum absolute atomic E-state index is 0.200. The third-order valence-electron chi connectivity index (χ3n) is 2.91. The highest BCUT2D eigenvalue weighted by Crippen LogP contribution is 2.20. The van der Waals surface area contributed by atoms with E-state index in [0.29, 0.717) is 0 Å². The van der Waals surface area contributed by atoms with Crippen LogP contribution in [-0.4, -0.2) is 29.7 Å². The second-order valence-corrected chi connectivity index (χ2v) is 3.93. The van der Waals surface area contributed by atoms with Crippen molar-refractivity contribution >= 4 is 0 Å². The van der Waals surface area contributed by atoms with Crippen LogP contribution in [-0.2, 0) is 0 Å². The van der Waals surface area contributed by atoms with Gasteiger partial charge in [0.25, 0.3) is 0 Å². The van der Waals surface area contributed by atoms with Gasteiger partial charge in [0.2, 0.25) is 0 Å². The molecule has 0 radical (unpaired) electrons. The normalized spacial score (nSPS) is 13.1. The van der Waals surface area contributed by atoms with Crippen molar-refractivity contribution in [2.24, 2.45) is 0 Å². The molecule has 3 heteroatoms. The molecule has 1 atom stereocenters. The molecule has 0 heterocycles. The molecule has 0 saturated heterocycles. The molecule has 1 aromatic rings. The van der Waals surface area contributed by atoms with Crippen LogP contribution in [0.3, 0.4) is 0 Å². The molecule has 1 unspecified atom stereocenters. The Kier molecular flexibility index (Phi) is 5.43. The Morgan fingerprint density at radius 3 is 2.44 bits per heavy atom. The number of hydrogen-bond donors (Lipinski definition) is 1. The Labute approximate surface area is 96.7 Å². The van der Waals surface area contributed by atoms with E-state index in [9.17, 15) is 4.39 Å². The van der Waals surface area contributed by atoms with Gasteiger partial charge in [0, 0.05) is 19.2 Å². The molecule has 0 saturated carbocycles. The van der Waals surface area contributed by atoms with E-state index in [-0.39, 0.29) is 18.5 Å². The quantitative estimate of drug-likeness (QED) is 0.804. The summed E-state index contributed by atoms with van der Waals surface area (Å²) in [5.41, 5.74) is 1.11. The fourth-order valence-electron chi connectivity index (χ4n) is 1.85. The summed E-state index contributed by atoms with van der Waals surface area (Å²) in [6.07, 6.45) is 0.777. The lowest BCUT2D eigenvalue weighted by Gasteiger charge is -2.27. The molecule has 1 aromatic carbocycles. The first-order chi connectivity index (χ1) is 7.69. The van der Waals surface area contributed by atoms with Crippen LogP contribution in [0, 0.1) is 5.82 Å². The van der Waals surface area contributed by atoms with Gasteiger partial charge in [-0.25, -0.2) is 4.39 Å². The van der Waals surface area contributed by atoms with Crippen molar-refractivity contribution in [3.63, 3.8) is 0 Å². The third kappa shape index (κ3) is 3.58. The van der Waals surface area contributed by atoms with E-state index in [2.05, 4.69) is 18.7 Å². The average Bonchev–Trinajstić information content (AvgIpc) is 2.30. The highest BCUT2D eigenvalue weighted by molar-refractivity contribution is 5.19. The maximum atomic E-state index is 12.8. The molecule has 1 N–H and O–H groups in total. The van der Waals surface area contributed by atoms with Crippen molar-refractivity contribution < 1.29 is 9.50 Å².